The number of hydrogen-bond donors (Lipinski definition) is 0. The molecule has 0 aromatic rings. The van der Waals surface area contributed by atoms with Gasteiger partial charge in [-0.15, -0.1) is 0 Å². The van der Waals surface area contributed by atoms with Crippen molar-refractivity contribution in [2.45, 2.75) is 25.7 Å². The normalized spacial score (nSPS) is 38.2. The fourth-order valence-corrected chi connectivity index (χ4v) is 1.96. The van der Waals surface area contributed by atoms with Gasteiger partial charge in [0, 0.05) is 5.92 Å². The number of carbonyl (C=O) groups excluding carboxylic acids is 1. The molecule has 10 heavy (non-hydrogen) atoms. The molecule has 0 aliphatic heterocycles. The van der Waals surface area contributed by atoms with E-state index in [1.807, 2.05) is 0 Å². The zero-order valence-corrected chi connectivity index (χ0v) is 6.05. The number of carbonyl (C=O) groups is 1. The average molecular weight is 136 g/mol. The minimum atomic E-state index is 0.375. The van der Waals surface area contributed by atoms with Crippen LogP contribution in [0, 0.1) is 11.8 Å². The van der Waals surface area contributed by atoms with Gasteiger partial charge >= 0.3 is 0 Å². The molecule has 0 unspecified atom stereocenters. The Morgan fingerprint density at radius 2 is 1.90 bits per heavy atom. The highest BCUT2D eigenvalue weighted by atomic mass is 16.1. The number of fused-ring (bicyclic) bond motifs is 3. The number of allylic oxidation sites excluding steroid dienone is 2. The molecular weight excluding hydrogens is 124 g/mol. The summed E-state index contributed by atoms with van der Waals surface area (Å²) in [6.07, 6.45) is 8.66. The highest BCUT2D eigenvalue weighted by Crippen LogP contribution is 2.33. The fraction of sp³-hybridized carbons (Fsp3) is 0.667. The van der Waals surface area contributed by atoms with E-state index < -0.39 is 0 Å². The van der Waals surface area contributed by atoms with Gasteiger partial charge in [-0.2, -0.15) is 0 Å². The molecule has 0 radical (unpaired) electrons. The van der Waals surface area contributed by atoms with Crippen molar-refractivity contribution in [3.63, 3.8) is 0 Å². The van der Waals surface area contributed by atoms with Crippen LogP contribution in [-0.2, 0) is 4.79 Å². The maximum Gasteiger partial charge on any atom is 0.158 e. The van der Waals surface area contributed by atoms with Crippen molar-refractivity contribution in [1.29, 1.82) is 0 Å². The third-order valence-corrected chi connectivity index (χ3v) is 2.71. The maximum absolute atomic E-state index is 11.2. The van der Waals surface area contributed by atoms with E-state index in [-0.39, 0.29) is 0 Å². The SMILES string of the molecule is O=C1C=CC2CCC1CC2. The molecule has 2 bridgehead atoms. The Hall–Kier alpha value is -0.590. The maximum atomic E-state index is 11.2. The van der Waals surface area contributed by atoms with Gasteiger partial charge in [0.05, 0.1) is 0 Å². The van der Waals surface area contributed by atoms with E-state index in [9.17, 15) is 4.79 Å². The monoisotopic (exact) mass is 136 g/mol. The summed E-state index contributed by atoms with van der Waals surface area (Å²) in [6.45, 7) is 0. The Bertz CT molecular complexity index is 173. The second kappa shape index (κ2) is 2.22. The van der Waals surface area contributed by atoms with Gasteiger partial charge in [0.2, 0.25) is 0 Å². The Morgan fingerprint density at radius 3 is 2.60 bits per heavy atom. The van der Waals surface area contributed by atoms with Crippen molar-refractivity contribution in [3.05, 3.63) is 12.2 Å². The summed E-state index contributed by atoms with van der Waals surface area (Å²) in [7, 11) is 0. The van der Waals surface area contributed by atoms with E-state index in [1.54, 1.807) is 6.08 Å². The lowest BCUT2D eigenvalue weighted by Gasteiger charge is -2.20. The largest absolute Gasteiger partial charge is 0.295 e. The van der Waals surface area contributed by atoms with Crippen LogP contribution in [0.5, 0.6) is 0 Å². The predicted octanol–water partition coefficient (Wildman–Crippen LogP) is 1.93. The molecule has 1 fully saturated rings. The van der Waals surface area contributed by atoms with Crippen molar-refractivity contribution in [2.75, 3.05) is 0 Å². The topological polar surface area (TPSA) is 17.1 Å². The molecule has 3 aliphatic carbocycles. The molecule has 1 heteroatoms. The molecule has 0 spiro atoms. The van der Waals surface area contributed by atoms with Gasteiger partial charge in [0.1, 0.15) is 0 Å². The minimum Gasteiger partial charge on any atom is -0.295 e. The molecule has 0 amide bonds. The summed E-state index contributed by atoms with van der Waals surface area (Å²) in [5.74, 6) is 1.48. The zero-order valence-electron chi connectivity index (χ0n) is 6.05. The summed E-state index contributed by atoms with van der Waals surface area (Å²) >= 11 is 0. The van der Waals surface area contributed by atoms with Gasteiger partial charge in [-0.1, -0.05) is 6.08 Å². The molecule has 3 aliphatic rings. The first-order chi connectivity index (χ1) is 4.86. The highest BCUT2D eigenvalue weighted by molar-refractivity contribution is 5.92. The van der Waals surface area contributed by atoms with E-state index in [1.165, 1.54) is 12.8 Å². The molecule has 3 rings (SSSR count). The second-order valence-corrected chi connectivity index (χ2v) is 3.37. The Morgan fingerprint density at radius 1 is 1.20 bits per heavy atom. The molecule has 1 nitrogen and oxygen atoms in total. The smallest absolute Gasteiger partial charge is 0.158 e. The van der Waals surface area contributed by atoms with Crippen LogP contribution in [-0.4, -0.2) is 5.78 Å². The summed E-state index contributed by atoms with van der Waals surface area (Å²) in [5, 5.41) is 0. The molecule has 0 atom stereocenters. The van der Waals surface area contributed by atoms with Gasteiger partial charge in [0.15, 0.2) is 5.78 Å². The third kappa shape index (κ3) is 0.898. The van der Waals surface area contributed by atoms with Crippen LogP contribution in [0.25, 0.3) is 0 Å². The van der Waals surface area contributed by atoms with Crippen LogP contribution < -0.4 is 0 Å². The minimum absolute atomic E-state index is 0.375. The Labute approximate surface area is 61.1 Å². The van der Waals surface area contributed by atoms with Crippen molar-refractivity contribution in [2.24, 2.45) is 11.8 Å². The lowest BCUT2D eigenvalue weighted by Crippen LogP contribution is -2.15. The lowest BCUT2D eigenvalue weighted by atomic mass is 9.83. The molecule has 0 aromatic heterocycles. The predicted molar refractivity (Wildman–Crippen MR) is 39.6 cm³/mol. The Kier molecular flexibility index (Phi) is 1.37. The van der Waals surface area contributed by atoms with Gasteiger partial charge in [-0.3, -0.25) is 4.79 Å². The first-order valence-electron chi connectivity index (χ1n) is 4.08. The van der Waals surface area contributed by atoms with Crippen LogP contribution >= 0.6 is 0 Å². The van der Waals surface area contributed by atoms with Crippen LogP contribution in [0.15, 0.2) is 12.2 Å². The highest BCUT2D eigenvalue weighted by Gasteiger charge is 2.26. The van der Waals surface area contributed by atoms with Gasteiger partial charge in [-0.05, 0) is 37.7 Å². The zero-order chi connectivity index (χ0) is 6.97. The van der Waals surface area contributed by atoms with Crippen molar-refractivity contribution < 1.29 is 4.79 Å². The number of ketones is 1. The van der Waals surface area contributed by atoms with Gasteiger partial charge in [0.25, 0.3) is 0 Å². The lowest BCUT2D eigenvalue weighted by molar-refractivity contribution is -0.118. The average Bonchev–Trinajstić information content (AvgIpc) is 2.24. The van der Waals surface area contributed by atoms with Crippen LogP contribution in [0.4, 0.5) is 0 Å². The second-order valence-electron chi connectivity index (χ2n) is 3.37. The fourth-order valence-electron chi connectivity index (χ4n) is 1.96. The Balaban J connectivity index is 2.25. The molecule has 0 N–H and O–H groups in total. The van der Waals surface area contributed by atoms with E-state index in [0.29, 0.717) is 11.7 Å². The van der Waals surface area contributed by atoms with E-state index in [0.717, 1.165) is 18.8 Å². The third-order valence-electron chi connectivity index (χ3n) is 2.71. The summed E-state index contributed by atoms with van der Waals surface area (Å²) in [6, 6.07) is 0. The molecule has 54 valence electrons. The van der Waals surface area contributed by atoms with E-state index in [4.69, 9.17) is 0 Å². The molecule has 0 saturated heterocycles. The number of hydrogen-bond acceptors (Lipinski definition) is 1. The molecule has 0 aromatic carbocycles. The van der Waals surface area contributed by atoms with Crippen LogP contribution in [0.1, 0.15) is 25.7 Å². The van der Waals surface area contributed by atoms with E-state index >= 15 is 0 Å². The van der Waals surface area contributed by atoms with E-state index in [2.05, 4.69) is 6.08 Å². The van der Waals surface area contributed by atoms with Crippen molar-refractivity contribution >= 4 is 5.78 Å². The first-order valence-corrected chi connectivity index (χ1v) is 4.08. The summed E-state index contributed by atoms with van der Waals surface area (Å²) in [5.41, 5.74) is 0. The quantitative estimate of drug-likeness (QED) is 0.497. The van der Waals surface area contributed by atoms with Crippen LogP contribution in [0.3, 0.4) is 0 Å². The van der Waals surface area contributed by atoms with Crippen molar-refractivity contribution in [1.82, 2.24) is 0 Å². The number of rotatable bonds is 0. The first kappa shape index (κ1) is 6.14. The van der Waals surface area contributed by atoms with Crippen molar-refractivity contribution in [3.8, 4) is 0 Å². The summed E-state index contributed by atoms with van der Waals surface area (Å²) < 4.78 is 0. The summed E-state index contributed by atoms with van der Waals surface area (Å²) in [4.78, 5) is 11.2. The molecular formula is C9H12O. The standard InChI is InChI=1S/C9H12O/c10-9-6-3-7-1-4-8(9)5-2-7/h3,6-8H,1-2,4-5H2. The van der Waals surface area contributed by atoms with Gasteiger partial charge in [-0.25, -0.2) is 0 Å². The molecule has 1 saturated carbocycles. The molecule has 0 heterocycles. The van der Waals surface area contributed by atoms with Gasteiger partial charge < -0.3 is 0 Å². The van der Waals surface area contributed by atoms with Crippen LogP contribution in [0.2, 0.25) is 0 Å².